The number of alkyl halides is 3. The summed E-state index contributed by atoms with van der Waals surface area (Å²) in [5.41, 5.74) is 3.75. The molecule has 0 aliphatic carbocycles. The molecule has 0 spiro atoms. The maximum absolute atomic E-state index is 13.2. The average Bonchev–Trinajstić information content (AvgIpc) is 2.51. The molecule has 4 heteroatoms. The van der Waals surface area contributed by atoms with E-state index in [9.17, 15) is 13.2 Å². The van der Waals surface area contributed by atoms with Gasteiger partial charge in [-0.2, -0.15) is 13.2 Å². The second kappa shape index (κ2) is 6.42. The molecule has 0 atom stereocenters. The predicted molar refractivity (Wildman–Crippen MR) is 100 cm³/mol. The van der Waals surface area contributed by atoms with Crippen LogP contribution in [0, 0.1) is 19.3 Å². The van der Waals surface area contributed by atoms with Crippen LogP contribution in [0.4, 0.5) is 13.2 Å². The molecule has 0 saturated carbocycles. The molecule has 136 valence electrons. The van der Waals surface area contributed by atoms with Crippen molar-refractivity contribution in [3.8, 4) is 11.3 Å². The third-order valence-electron chi connectivity index (χ3n) is 4.69. The molecule has 3 aromatic rings. The van der Waals surface area contributed by atoms with Crippen LogP contribution in [0.2, 0.25) is 0 Å². The Hall–Kier alpha value is -2.36. The first kappa shape index (κ1) is 18.4. The summed E-state index contributed by atoms with van der Waals surface area (Å²) in [7, 11) is 0. The minimum Gasteiger partial charge on any atom is -0.248 e. The Bertz CT molecular complexity index is 935. The van der Waals surface area contributed by atoms with Gasteiger partial charge in [-0.3, -0.25) is 0 Å². The fraction of sp³-hybridized carbons (Fsp3) is 0.318. The van der Waals surface area contributed by atoms with Crippen molar-refractivity contribution in [2.24, 2.45) is 5.41 Å². The predicted octanol–water partition coefficient (Wildman–Crippen LogP) is 6.65. The van der Waals surface area contributed by atoms with E-state index in [-0.39, 0.29) is 6.42 Å². The second-order valence-electron chi connectivity index (χ2n) is 7.66. The first-order valence-corrected chi connectivity index (χ1v) is 8.60. The fourth-order valence-electron chi connectivity index (χ4n) is 3.17. The van der Waals surface area contributed by atoms with E-state index in [0.717, 1.165) is 33.3 Å². The number of aryl methyl sites for hydroxylation is 2. The zero-order valence-corrected chi connectivity index (χ0v) is 15.4. The SMILES string of the molecule is Cc1cc(C)cc(-c2ccc3ccc(CC(C)(C)C(F)(F)F)cc3n2)c1. The summed E-state index contributed by atoms with van der Waals surface area (Å²) in [4.78, 5) is 4.70. The van der Waals surface area contributed by atoms with Crippen molar-refractivity contribution in [1.82, 2.24) is 4.98 Å². The summed E-state index contributed by atoms with van der Waals surface area (Å²) in [5, 5.41) is 0.923. The Balaban J connectivity index is 2.01. The van der Waals surface area contributed by atoms with Crippen molar-refractivity contribution in [2.45, 2.75) is 40.3 Å². The molecule has 0 saturated heterocycles. The summed E-state index contributed by atoms with van der Waals surface area (Å²) in [6.07, 6.45) is -4.31. The van der Waals surface area contributed by atoms with Gasteiger partial charge >= 0.3 is 6.18 Å². The smallest absolute Gasteiger partial charge is 0.248 e. The van der Waals surface area contributed by atoms with Crippen LogP contribution in [0.1, 0.15) is 30.5 Å². The number of rotatable bonds is 3. The highest BCUT2D eigenvalue weighted by Crippen LogP contribution is 2.40. The molecular formula is C22H22F3N. The maximum atomic E-state index is 13.2. The van der Waals surface area contributed by atoms with Gasteiger partial charge in [0.15, 0.2) is 0 Å². The van der Waals surface area contributed by atoms with Crippen molar-refractivity contribution in [1.29, 1.82) is 0 Å². The van der Waals surface area contributed by atoms with E-state index in [1.54, 1.807) is 12.1 Å². The lowest BCUT2D eigenvalue weighted by Crippen LogP contribution is -2.34. The van der Waals surface area contributed by atoms with Crippen LogP contribution in [0.5, 0.6) is 0 Å². The van der Waals surface area contributed by atoms with E-state index in [1.807, 2.05) is 32.0 Å². The molecule has 0 amide bonds. The molecule has 0 bridgehead atoms. The normalized spacial score (nSPS) is 12.6. The van der Waals surface area contributed by atoms with Gasteiger partial charge in [-0.25, -0.2) is 4.98 Å². The Morgan fingerprint density at radius 2 is 1.46 bits per heavy atom. The van der Waals surface area contributed by atoms with Gasteiger partial charge < -0.3 is 0 Å². The number of hydrogen-bond acceptors (Lipinski definition) is 1. The lowest BCUT2D eigenvalue weighted by Gasteiger charge is -2.27. The Labute approximate surface area is 151 Å². The van der Waals surface area contributed by atoms with Crippen LogP contribution in [0.3, 0.4) is 0 Å². The van der Waals surface area contributed by atoms with Gasteiger partial charge in [0.2, 0.25) is 0 Å². The largest absolute Gasteiger partial charge is 0.394 e. The van der Waals surface area contributed by atoms with E-state index >= 15 is 0 Å². The summed E-state index contributed by atoms with van der Waals surface area (Å²) >= 11 is 0. The van der Waals surface area contributed by atoms with Crippen LogP contribution in [-0.4, -0.2) is 11.2 Å². The molecule has 0 unspecified atom stereocenters. The summed E-state index contributed by atoms with van der Waals surface area (Å²) in [6.45, 7) is 6.54. The highest BCUT2D eigenvalue weighted by molar-refractivity contribution is 5.82. The fourth-order valence-corrected chi connectivity index (χ4v) is 3.17. The van der Waals surface area contributed by atoms with Gasteiger partial charge in [-0.15, -0.1) is 0 Å². The average molecular weight is 357 g/mol. The summed E-state index contributed by atoms with van der Waals surface area (Å²) < 4.78 is 39.5. The first-order valence-electron chi connectivity index (χ1n) is 8.60. The topological polar surface area (TPSA) is 12.9 Å². The van der Waals surface area contributed by atoms with E-state index in [0.29, 0.717) is 5.56 Å². The van der Waals surface area contributed by atoms with Crippen molar-refractivity contribution in [3.63, 3.8) is 0 Å². The van der Waals surface area contributed by atoms with E-state index in [2.05, 4.69) is 18.2 Å². The molecular weight excluding hydrogens is 335 g/mol. The number of nitrogens with zero attached hydrogens (tertiary/aromatic N) is 1. The van der Waals surface area contributed by atoms with Gasteiger partial charge in [0.1, 0.15) is 0 Å². The standard InChI is InChI=1S/C22H22F3N/c1-14-9-15(2)11-18(10-14)19-8-7-17-6-5-16(12-20(17)26-19)13-21(3,4)22(23,24)25/h5-12H,13H2,1-4H3. The quantitative estimate of drug-likeness (QED) is 0.511. The second-order valence-corrected chi connectivity index (χ2v) is 7.66. The Kier molecular flexibility index (Phi) is 4.55. The highest BCUT2D eigenvalue weighted by Gasteiger charge is 2.46. The van der Waals surface area contributed by atoms with Crippen molar-refractivity contribution >= 4 is 10.9 Å². The number of aromatic nitrogens is 1. The van der Waals surface area contributed by atoms with Crippen molar-refractivity contribution in [3.05, 3.63) is 65.2 Å². The van der Waals surface area contributed by atoms with Crippen LogP contribution in [-0.2, 0) is 6.42 Å². The van der Waals surface area contributed by atoms with Crippen molar-refractivity contribution in [2.75, 3.05) is 0 Å². The van der Waals surface area contributed by atoms with Gasteiger partial charge in [0.25, 0.3) is 0 Å². The van der Waals surface area contributed by atoms with Crippen LogP contribution in [0.25, 0.3) is 22.2 Å². The molecule has 3 rings (SSSR count). The number of benzene rings is 2. The number of pyridine rings is 1. The van der Waals surface area contributed by atoms with Gasteiger partial charge in [-0.1, -0.05) is 49.2 Å². The van der Waals surface area contributed by atoms with Gasteiger partial charge in [0, 0.05) is 10.9 Å². The Morgan fingerprint density at radius 1 is 0.846 bits per heavy atom. The molecule has 26 heavy (non-hydrogen) atoms. The molecule has 2 aromatic carbocycles. The third-order valence-corrected chi connectivity index (χ3v) is 4.69. The lowest BCUT2D eigenvalue weighted by molar-refractivity contribution is -0.211. The van der Waals surface area contributed by atoms with Crippen LogP contribution in [0.15, 0.2) is 48.5 Å². The zero-order valence-electron chi connectivity index (χ0n) is 15.4. The molecule has 0 aliphatic rings. The first-order chi connectivity index (χ1) is 12.0. The highest BCUT2D eigenvalue weighted by atomic mass is 19.4. The number of hydrogen-bond donors (Lipinski definition) is 0. The molecule has 1 nitrogen and oxygen atoms in total. The molecule has 0 radical (unpaired) electrons. The van der Waals surface area contributed by atoms with Crippen LogP contribution >= 0.6 is 0 Å². The molecule has 0 N–H and O–H groups in total. The minimum absolute atomic E-state index is 0.0676. The number of halogens is 3. The van der Waals surface area contributed by atoms with Gasteiger partial charge in [-0.05, 0) is 50.1 Å². The molecule has 0 aliphatic heterocycles. The zero-order chi connectivity index (χ0) is 19.1. The summed E-state index contributed by atoms with van der Waals surface area (Å²) in [6, 6.07) is 15.5. The minimum atomic E-state index is -4.24. The van der Waals surface area contributed by atoms with E-state index in [1.165, 1.54) is 13.8 Å². The lowest BCUT2D eigenvalue weighted by atomic mass is 9.85. The third kappa shape index (κ3) is 3.74. The molecule has 1 aromatic heterocycles. The molecule has 1 heterocycles. The van der Waals surface area contributed by atoms with E-state index in [4.69, 9.17) is 4.98 Å². The molecule has 0 fully saturated rings. The Morgan fingerprint density at radius 3 is 2.08 bits per heavy atom. The van der Waals surface area contributed by atoms with Crippen LogP contribution < -0.4 is 0 Å². The number of fused-ring (bicyclic) bond motifs is 1. The van der Waals surface area contributed by atoms with Crippen molar-refractivity contribution < 1.29 is 13.2 Å². The van der Waals surface area contributed by atoms with E-state index < -0.39 is 11.6 Å². The summed E-state index contributed by atoms with van der Waals surface area (Å²) in [5.74, 6) is 0. The maximum Gasteiger partial charge on any atom is 0.394 e. The monoisotopic (exact) mass is 357 g/mol. The van der Waals surface area contributed by atoms with Gasteiger partial charge in [0.05, 0.1) is 16.6 Å².